The Morgan fingerprint density at radius 3 is 2.90 bits per heavy atom. The third kappa shape index (κ3) is 2.93. The van der Waals surface area contributed by atoms with Gasteiger partial charge in [0.1, 0.15) is 5.01 Å². The van der Waals surface area contributed by atoms with Gasteiger partial charge in [-0.1, -0.05) is 35.0 Å². The van der Waals surface area contributed by atoms with E-state index in [1.54, 1.807) is 0 Å². The fraction of sp³-hybridized carbons (Fsp3) is 0.0769. The lowest BCUT2D eigenvalue weighted by Crippen LogP contribution is -2.01. The van der Waals surface area contributed by atoms with Crippen molar-refractivity contribution in [2.75, 3.05) is 0 Å². The largest absolute Gasteiger partial charge is 0.476 e. The molecule has 0 amide bonds. The summed E-state index contributed by atoms with van der Waals surface area (Å²) in [6.07, 6.45) is 1.37. The molecule has 0 aliphatic rings. The van der Waals surface area contributed by atoms with Crippen molar-refractivity contribution in [2.24, 2.45) is 0 Å². The van der Waals surface area contributed by atoms with E-state index < -0.39 is 5.97 Å². The highest BCUT2D eigenvalue weighted by atomic mass is 35.5. The third-order valence-corrected chi connectivity index (χ3v) is 3.99. The topological polar surface area (TPSA) is 80.9 Å². The zero-order valence-corrected chi connectivity index (χ0v) is 12.2. The summed E-state index contributed by atoms with van der Waals surface area (Å²) in [4.78, 5) is 15.2. The summed E-state index contributed by atoms with van der Waals surface area (Å²) in [5.41, 5.74) is 1.56. The molecular weight excluding hydrogens is 312 g/mol. The van der Waals surface area contributed by atoms with Gasteiger partial charge in [-0.2, -0.15) is 0 Å². The number of hydrogen-bond acceptors (Lipinski definition) is 5. The van der Waals surface area contributed by atoms with Gasteiger partial charge in [0.05, 0.1) is 23.5 Å². The van der Waals surface area contributed by atoms with Gasteiger partial charge in [0.25, 0.3) is 0 Å². The smallest absolute Gasteiger partial charge is 0.358 e. The van der Waals surface area contributed by atoms with Crippen LogP contribution in [-0.4, -0.2) is 31.1 Å². The van der Waals surface area contributed by atoms with Crippen LogP contribution < -0.4 is 0 Å². The van der Waals surface area contributed by atoms with Crippen LogP contribution in [0.1, 0.15) is 16.2 Å². The summed E-state index contributed by atoms with van der Waals surface area (Å²) in [6.45, 7) is 0.362. The number of carbonyl (C=O) groups is 1. The summed E-state index contributed by atoms with van der Waals surface area (Å²) >= 11 is 7.62. The number of halogens is 1. The molecule has 6 nitrogen and oxygen atoms in total. The average molecular weight is 321 g/mol. The Labute approximate surface area is 128 Å². The first-order valence-electron chi connectivity index (χ1n) is 5.96. The van der Waals surface area contributed by atoms with Gasteiger partial charge in [-0.3, -0.25) is 0 Å². The monoisotopic (exact) mass is 320 g/mol. The van der Waals surface area contributed by atoms with E-state index in [2.05, 4.69) is 15.3 Å². The van der Waals surface area contributed by atoms with Crippen molar-refractivity contribution in [3.05, 3.63) is 52.3 Å². The van der Waals surface area contributed by atoms with Crippen molar-refractivity contribution in [3.63, 3.8) is 0 Å². The summed E-state index contributed by atoms with van der Waals surface area (Å²) in [5, 5.41) is 19.5. The number of carboxylic acids is 1. The lowest BCUT2D eigenvalue weighted by Gasteiger charge is -1.99. The maximum Gasteiger partial charge on any atom is 0.358 e. The van der Waals surface area contributed by atoms with Gasteiger partial charge in [-0.15, -0.1) is 16.4 Å². The average Bonchev–Trinajstić information content (AvgIpc) is 3.09. The van der Waals surface area contributed by atoms with Crippen LogP contribution in [0.2, 0.25) is 5.02 Å². The van der Waals surface area contributed by atoms with Crippen molar-refractivity contribution >= 4 is 28.9 Å². The molecule has 0 unspecified atom stereocenters. The number of hydrogen-bond donors (Lipinski definition) is 1. The van der Waals surface area contributed by atoms with Crippen LogP contribution in [0, 0.1) is 0 Å². The number of aromatic nitrogens is 4. The van der Waals surface area contributed by atoms with E-state index in [-0.39, 0.29) is 5.69 Å². The van der Waals surface area contributed by atoms with Gasteiger partial charge in [-0.25, -0.2) is 14.5 Å². The van der Waals surface area contributed by atoms with Gasteiger partial charge >= 0.3 is 5.97 Å². The van der Waals surface area contributed by atoms with Crippen molar-refractivity contribution in [1.82, 2.24) is 20.0 Å². The van der Waals surface area contributed by atoms with Crippen LogP contribution in [0.3, 0.4) is 0 Å². The van der Waals surface area contributed by atoms with Crippen molar-refractivity contribution in [1.29, 1.82) is 0 Å². The highest BCUT2D eigenvalue weighted by Crippen LogP contribution is 2.30. The second kappa shape index (κ2) is 5.63. The molecule has 1 N–H and O–H groups in total. The SMILES string of the molecule is O=C(O)c1cn(Cc2csc(-c3ccccc3Cl)n2)nn1. The Bertz CT molecular complexity index is 799. The van der Waals surface area contributed by atoms with Gasteiger partial charge in [0, 0.05) is 10.9 Å². The summed E-state index contributed by atoms with van der Waals surface area (Å²) in [5.74, 6) is -1.10. The molecule has 106 valence electrons. The first-order chi connectivity index (χ1) is 10.1. The van der Waals surface area contributed by atoms with Gasteiger partial charge in [-0.05, 0) is 6.07 Å². The minimum absolute atomic E-state index is 0.0865. The van der Waals surface area contributed by atoms with E-state index in [0.29, 0.717) is 11.6 Å². The Kier molecular flexibility index (Phi) is 3.68. The van der Waals surface area contributed by atoms with Crippen molar-refractivity contribution in [3.8, 4) is 10.6 Å². The van der Waals surface area contributed by atoms with E-state index >= 15 is 0 Å². The number of nitrogens with zero attached hydrogens (tertiary/aromatic N) is 4. The molecule has 2 heterocycles. The molecule has 0 atom stereocenters. The summed E-state index contributed by atoms with van der Waals surface area (Å²) < 4.78 is 1.44. The standard InChI is InChI=1S/C13H9ClN4O2S/c14-10-4-2-1-3-9(10)12-15-8(7-21-12)5-18-6-11(13(19)20)16-17-18/h1-4,6-7H,5H2,(H,19,20). The number of benzene rings is 1. The molecule has 21 heavy (non-hydrogen) atoms. The minimum Gasteiger partial charge on any atom is -0.476 e. The van der Waals surface area contributed by atoms with Crippen molar-refractivity contribution < 1.29 is 9.90 Å². The number of carboxylic acid groups (broad SMARTS) is 1. The van der Waals surface area contributed by atoms with Crippen LogP contribution in [0.25, 0.3) is 10.6 Å². The Balaban J connectivity index is 1.82. The maximum absolute atomic E-state index is 10.7. The zero-order chi connectivity index (χ0) is 14.8. The third-order valence-electron chi connectivity index (χ3n) is 2.74. The van der Waals surface area contributed by atoms with Gasteiger partial charge < -0.3 is 5.11 Å². The number of aromatic carboxylic acids is 1. The Morgan fingerprint density at radius 2 is 2.19 bits per heavy atom. The molecule has 0 aliphatic heterocycles. The summed E-state index contributed by atoms with van der Waals surface area (Å²) in [7, 11) is 0. The number of thiazole rings is 1. The van der Waals surface area contributed by atoms with E-state index in [0.717, 1.165) is 16.3 Å². The first kappa shape index (κ1) is 13.7. The van der Waals surface area contributed by atoms with Crippen LogP contribution in [0.4, 0.5) is 0 Å². The van der Waals surface area contributed by atoms with E-state index in [4.69, 9.17) is 16.7 Å². The van der Waals surface area contributed by atoms with Crippen molar-refractivity contribution in [2.45, 2.75) is 6.54 Å². The molecule has 0 radical (unpaired) electrons. The summed E-state index contributed by atoms with van der Waals surface area (Å²) in [6, 6.07) is 7.49. The lowest BCUT2D eigenvalue weighted by molar-refractivity contribution is 0.0690. The normalized spacial score (nSPS) is 10.7. The highest BCUT2D eigenvalue weighted by Gasteiger charge is 2.11. The molecule has 3 aromatic rings. The second-order valence-electron chi connectivity index (χ2n) is 4.23. The van der Waals surface area contributed by atoms with E-state index in [9.17, 15) is 4.79 Å². The molecule has 8 heteroatoms. The Hall–Kier alpha value is -2.25. The molecule has 0 bridgehead atoms. The Morgan fingerprint density at radius 1 is 1.38 bits per heavy atom. The van der Waals surface area contributed by atoms with E-state index in [1.807, 2.05) is 29.6 Å². The van der Waals surface area contributed by atoms with Crippen LogP contribution in [-0.2, 0) is 6.54 Å². The zero-order valence-electron chi connectivity index (χ0n) is 10.6. The number of rotatable bonds is 4. The first-order valence-corrected chi connectivity index (χ1v) is 7.22. The maximum atomic E-state index is 10.7. The van der Waals surface area contributed by atoms with Gasteiger partial charge in [0.15, 0.2) is 5.69 Å². The lowest BCUT2D eigenvalue weighted by atomic mass is 10.2. The molecule has 3 rings (SSSR count). The van der Waals surface area contributed by atoms with Crippen LogP contribution >= 0.6 is 22.9 Å². The molecule has 1 aromatic carbocycles. The molecule has 0 saturated heterocycles. The predicted molar refractivity (Wildman–Crippen MR) is 78.6 cm³/mol. The second-order valence-corrected chi connectivity index (χ2v) is 5.50. The highest BCUT2D eigenvalue weighted by molar-refractivity contribution is 7.13. The molecule has 0 aliphatic carbocycles. The molecule has 0 fully saturated rings. The van der Waals surface area contributed by atoms with Crippen LogP contribution in [0.15, 0.2) is 35.8 Å². The van der Waals surface area contributed by atoms with E-state index in [1.165, 1.54) is 22.2 Å². The van der Waals surface area contributed by atoms with Gasteiger partial charge in [0.2, 0.25) is 0 Å². The quantitative estimate of drug-likeness (QED) is 0.799. The minimum atomic E-state index is -1.10. The fourth-order valence-electron chi connectivity index (χ4n) is 1.78. The molecule has 0 spiro atoms. The molecule has 0 saturated carbocycles. The predicted octanol–water partition coefficient (Wildman–Crippen LogP) is 2.80. The molecular formula is C13H9ClN4O2S. The molecule has 2 aromatic heterocycles. The van der Waals surface area contributed by atoms with Crippen LogP contribution in [0.5, 0.6) is 0 Å². The fourth-order valence-corrected chi connectivity index (χ4v) is 2.91.